The van der Waals surface area contributed by atoms with E-state index in [1.54, 1.807) is 28.0 Å². The summed E-state index contributed by atoms with van der Waals surface area (Å²) in [6.07, 6.45) is 3.43. The third-order valence-corrected chi connectivity index (χ3v) is 5.31. The highest BCUT2D eigenvalue weighted by molar-refractivity contribution is 7.21. The molecule has 7 heteroatoms. The number of hydrogen-bond donors (Lipinski definition) is 0. The predicted molar refractivity (Wildman–Crippen MR) is 81.5 cm³/mol. The predicted octanol–water partition coefficient (Wildman–Crippen LogP) is 2.64. The summed E-state index contributed by atoms with van der Waals surface area (Å²) < 4.78 is 16.5. The molecule has 3 heterocycles. The highest BCUT2D eigenvalue weighted by Gasteiger charge is 2.34. The molecule has 0 bridgehead atoms. The molecular weight excluding hydrogens is 303 g/mol. The van der Waals surface area contributed by atoms with Crippen LogP contribution in [0.2, 0.25) is 0 Å². The molecule has 1 aromatic carbocycles. The summed E-state index contributed by atoms with van der Waals surface area (Å²) in [5.41, 5.74) is 0.729. The molecular formula is C15H13FN4OS. The normalized spacial score (nSPS) is 15.3. The van der Waals surface area contributed by atoms with Crippen LogP contribution in [0.1, 0.15) is 21.3 Å². The van der Waals surface area contributed by atoms with Crippen LogP contribution >= 0.6 is 11.3 Å². The Balaban J connectivity index is 1.59. The number of amides is 1. The molecule has 0 unspecified atom stereocenters. The van der Waals surface area contributed by atoms with Crippen molar-refractivity contribution in [2.24, 2.45) is 0 Å². The van der Waals surface area contributed by atoms with Crippen molar-refractivity contribution in [3.8, 4) is 0 Å². The maximum atomic E-state index is 13.9. The zero-order valence-corrected chi connectivity index (χ0v) is 12.7. The molecule has 1 fully saturated rings. The van der Waals surface area contributed by atoms with Crippen LogP contribution in [0.4, 0.5) is 4.39 Å². The Morgan fingerprint density at radius 3 is 2.91 bits per heavy atom. The molecule has 1 aliphatic heterocycles. The van der Waals surface area contributed by atoms with Crippen LogP contribution in [-0.2, 0) is 0 Å². The lowest BCUT2D eigenvalue weighted by Crippen LogP contribution is -2.50. The number of rotatable bonds is 2. The summed E-state index contributed by atoms with van der Waals surface area (Å²) in [5.74, 6) is -0.302. The van der Waals surface area contributed by atoms with E-state index in [1.165, 1.54) is 17.4 Å². The van der Waals surface area contributed by atoms with E-state index in [9.17, 15) is 9.18 Å². The van der Waals surface area contributed by atoms with Crippen LogP contribution in [0.5, 0.6) is 0 Å². The van der Waals surface area contributed by atoms with Gasteiger partial charge in [-0.05, 0) is 24.6 Å². The third-order valence-electron chi connectivity index (χ3n) is 4.06. The van der Waals surface area contributed by atoms with Crippen molar-refractivity contribution in [3.63, 3.8) is 0 Å². The molecule has 1 aliphatic rings. The average molecular weight is 316 g/mol. The first kappa shape index (κ1) is 13.4. The zero-order valence-electron chi connectivity index (χ0n) is 11.9. The number of halogens is 1. The number of aryl methyl sites for hydroxylation is 1. The Morgan fingerprint density at radius 1 is 1.41 bits per heavy atom. The van der Waals surface area contributed by atoms with E-state index in [1.807, 2.05) is 13.0 Å². The first-order chi connectivity index (χ1) is 10.6. The molecule has 0 radical (unpaired) electrons. The van der Waals surface area contributed by atoms with Gasteiger partial charge < -0.3 is 4.90 Å². The third kappa shape index (κ3) is 1.93. The number of aromatic nitrogens is 3. The zero-order chi connectivity index (χ0) is 15.3. The van der Waals surface area contributed by atoms with Gasteiger partial charge in [-0.1, -0.05) is 11.3 Å². The molecule has 0 aliphatic carbocycles. The minimum atomic E-state index is -0.269. The number of benzene rings is 1. The molecule has 0 spiro atoms. The van der Waals surface area contributed by atoms with E-state index in [2.05, 4.69) is 10.3 Å². The van der Waals surface area contributed by atoms with Gasteiger partial charge in [0.05, 0.1) is 17.1 Å². The van der Waals surface area contributed by atoms with Crippen molar-refractivity contribution >= 4 is 27.3 Å². The van der Waals surface area contributed by atoms with E-state index in [0.29, 0.717) is 23.4 Å². The fourth-order valence-corrected chi connectivity index (χ4v) is 3.99. The number of nitrogens with zero attached hydrogens (tertiary/aromatic N) is 4. The van der Waals surface area contributed by atoms with Crippen molar-refractivity contribution in [2.75, 3.05) is 13.1 Å². The van der Waals surface area contributed by atoms with Crippen LogP contribution in [-0.4, -0.2) is 38.9 Å². The van der Waals surface area contributed by atoms with Crippen LogP contribution in [0.3, 0.4) is 0 Å². The molecule has 0 N–H and O–H groups in total. The van der Waals surface area contributed by atoms with Crippen molar-refractivity contribution in [3.05, 3.63) is 46.9 Å². The number of carbonyl (C=O) groups is 1. The molecule has 1 amide bonds. The maximum absolute atomic E-state index is 13.9. The van der Waals surface area contributed by atoms with Crippen LogP contribution in [0, 0.1) is 12.7 Å². The van der Waals surface area contributed by atoms with E-state index in [0.717, 1.165) is 10.3 Å². The van der Waals surface area contributed by atoms with Gasteiger partial charge in [-0.3, -0.25) is 4.79 Å². The molecule has 0 saturated carbocycles. The van der Waals surface area contributed by atoms with Crippen molar-refractivity contribution in [1.29, 1.82) is 0 Å². The maximum Gasteiger partial charge on any atom is 0.264 e. The SMILES string of the molecule is Cc1c(C(=O)N2CC(n3ccnn3)C2)sc2cccc(F)c12. The molecule has 1 saturated heterocycles. The fraction of sp³-hybridized carbons (Fsp3) is 0.267. The molecule has 5 nitrogen and oxygen atoms in total. The summed E-state index contributed by atoms with van der Waals surface area (Å²) in [7, 11) is 0. The lowest BCUT2D eigenvalue weighted by atomic mass is 10.1. The Hall–Kier alpha value is -2.28. The van der Waals surface area contributed by atoms with Gasteiger partial charge in [-0.2, -0.15) is 0 Å². The smallest absolute Gasteiger partial charge is 0.264 e. The van der Waals surface area contributed by atoms with E-state index < -0.39 is 0 Å². The number of fused-ring (bicyclic) bond motifs is 1. The Bertz CT molecular complexity index is 852. The van der Waals surface area contributed by atoms with Crippen LogP contribution < -0.4 is 0 Å². The molecule has 2 aromatic heterocycles. The second-order valence-electron chi connectivity index (χ2n) is 5.42. The van der Waals surface area contributed by atoms with Crippen LogP contribution in [0.15, 0.2) is 30.6 Å². The summed E-state index contributed by atoms with van der Waals surface area (Å²) in [6, 6.07) is 5.13. The van der Waals surface area contributed by atoms with Crippen molar-refractivity contribution in [1.82, 2.24) is 19.9 Å². The molecule has 22 heavy (non-hydrogen) atoms. The summed E-state index contributed by atoms with van der Waals surface area (Å²) in [4.78, 5) is 15.0. The molecule has 3 aromatic rings. The van der Waals surface area contributed by atoms with Gasteiger partial charge in [-0.15, -0.1) is 16.4 Å². The van der Waals surface area contributed by atoms with Crippen molar-refractivity contribution in [2.45, 2.75) is 13.0 Å². The fourth-order valence-electron chi connectivity index (χ4n) is 2.80. The van der Waals surface area contributed by atoms with E-state index in [4.69, 9.17) is 0 Å². The summed E-state index contributed by atoms with van der Waals surface area (Å²) >= 11 is 1.36. The second kappa shape index (κ2) is 4.88. The second-order valence-corrected chi connectivity index (χ2v) is 6.47. The summed E-state index contributed by atoms with van der Waals surface area (Å²) in [5, 5.41) is 8.29. The highest BCUT2D eigenvalue weighted by Crippen LogP contribution is 2.34. The number of hydrogen-bond acceptors (Lipinski definition) is 4. The van der Waals surface area contributed by atoms with Gasteiger partial charge in [0.25, 0.3) is 5.91 Å². The minimum Gasteiger partial charge on any atom is -0.334 e. The average Bonchev–Trinajstić information content (AvgIpc) is 3.06. The van der Waals surface area contributed by atoms with Gasteiger partial charge in [-0.25, -0.2) is 9.07 Å². The molecule has 112 valence electrons. The molecule has 0 atom stereocenters. The Labute approximate surface area is 130 Å². The first-order valence-corrected chi connectivity index (χ1v) is 7.79. The number of likely N-dealkylation sites (tertiary alicyclic amines) is 1. The monoisotopic (exact) mass is 316 g/mol. The lowest BCUT2D eigenvalue weighted by molar-refractivity contribution is 0.0503. The quantitative estimate of drug-likeness (QED) is 0.730. The Morgan fingerprint density at radius 2 is 2.23 bits per heavy atom. The number of carbonyl (C=O) groups excluding carboxylic acids is 1. The van der Waals surface area contributed by atoms with Gasteiger partial charge in [0.2, 0.25) is 0 Å². The lowest BCUT2D eigenvalue weighted by Gasteiger charge is -2.38. The van der Waals surface area contributed by atoms with E-state index >= 15 is 0 Å². The van der Waals surface area contributed by atoms with Crippen molar-refractivity contribution < 1.29 is 9.18 Å². The van der Waals surface area contributed by atoms with Gasteiger partial charge in [0.15, 0.2) is 0 Å². The molecule has 4 rings (SSSR count). The topological polar surface area (TPSA) is 51.0 Å². The van der Waals surface area contributed by atoms with Gasteiger partial charge in [0, 0.05) is 29.4 Å². The summed E-state index contributed by atoms with van der Waals surface area (Å²) in [6.45, 7) is 3.03. The number of thiophene rings is 1. The first-order valence-electron chi connectivity index (χ1n) is 6.98. The van der Waals surface area contributed by atoms with Gasteiger partial charge in [0.1, 0.15) is 5.82 Å². The highest BCUT2D eigenvalue weighted by atomic mass is 32.1. The largest absolute Gasteiger partial charge is 0.334 e. The Kier molecular flexibility index (Phi) is 2.97. The van der Waals surface area contributed by atoms with Gasteiger partial charge >= 0.3 is 0 Å². The van der Waals surface area contributed by atoms with E-state index in [-0.39, 0.29) is 17.8 Å². The minimum absolute atomic E-state index is 0.0329. The van der Waals surface area contributed by atoms with Crippen LogP contribution in [0.25, 0.3) is 10.1 Å². The standard InChI is InChI=1S/C15H13FN4OS/c1-9-13-11(16)3-2-4-12(13)22-14(9)15(21)19-7-10(8-19)20-6-5-17-18-20/h2-6,10H,7-8H2,1H3.